The smallest absolute Gasteiger partial charge is 0.264 e. The minimum absolute atomic E-state index is 0.0886. The third-order valence-electron chi connectivity index (χ3n) is 4.78. The first-order chi connectivity index (χ1) is 12.9. The summed E-state index contributed by atoms with van der Waals surface area (Å²) in [6.07, 6.45) is 3.18. The Hall–Kier alpha value is -2.96. The molecule has 1 unspecified atom stereocenters. The second kappa shape index (κ2) is 7.73. The van der Waals surface area contributed by atoms with Crippen LogP contribution in [-0.2, 0) is 18.4 Å². The van der Waals surface area contributed by atoms with E-state index in [1.807, 2.05) is 19.1 Å². The lowest BCUT2D eigenvalue weighted by atomic mass is 9.99. The van der Waals surface area contributed by atoms with Gasteiger partial charge < -0.3 is 5.32 Å². The Kier molecular flexibility index (Phi) is 5.39. The van der Waals surface area contributed by atoms with E-state index < -0.39 is 0 Å². The zero-order chi connectivity index (χ0) is 19.6. The molecule has 0 spiro atoms. The fourth-order valence-corrected chi connectivity index (χ4v) is 3.01. The first kappa shape index (κ1) is 18.8. The number of hydrogen-bond donors (Lipinski definition) is 1. The molecule has 2 heterocycles. The number of nitrogens with zero attached hydrogens (tertiary/aromatic N) is 4. The van der Waals surface area contributed by atoms with Gasteiger partial charge in [-0.2, -0.15) is 5.10 Å². The van der Waals surface area contributed by atoms with Crippen LogP contribution in [0.5, 0.6) is 0 Å². The fraction of sp³-hybridized carbons (Fsp3) is 0.400. The van der Waals surface area contributed by atoms with Gasteiger partial charge in [-0.05, 0) is 24.0 Å². The quantitative estimate of drug-likeness (QED) is 0.726. The number of carbonyl (C=O) groups excluding carboxylic acids is 1. The van der Waals surface area contributed by atoms with Gasteiger partial charge in [0.1, 0.15) is 5.39 Å². The molecular formula is C20H25N5O2. The number of carbonyl (C=O) groups is 1. The highest BCUT2D eigenvalue weighted by Gasteiger charge is 2.12. The lowest BCUT2D eigenvalue weighted by Gasteiger charge is -2.16. The van der Waals surface area contributed by atoms with E-state index in [-0.39, 0.29) is 30.5 Å². The summed E-state index contributed by atoms with van der Waals surface area (Å²) in [5.74, 6) is 0.377. The molecule has 1 N–H and O–H groups in total. The maximum atomic E-state index is 12.4. The Morgan fingerprint density at radius 1 is 1.15 bits per heavy atom. The maximum Gasteiger partial charge on any atom is 0.264 e. The van der Waals surface area contributed by atoms with E-state index in [4.69, 9.17) is 0 Å². The Balaban J connectivity index is 1.61. The molecule has 0 saturated carbocycles. The highest BCUT2D eigenvalue weighted by molar-refractivity contribution is 5.76. The van der Waals surface area contributed by atoms with E-state index in [2.05, 4.69) is 41.4 Å². The van der Waals surface area contributed by atoms with Gasteiger partial charge in [0.15, 0.2) is 5.65 Å². The third-order valence-corrected chi connectivity index (χ3v) is 4.78. The molecule has 1 amide bonds. The van der Waals surface area contributed by atoms with Crippen LogP contribution >= 0.6 is 0 Å². The van der Waals surface area contributed by atoms with Gasteiger partial charge in [0.25, 0.3) is 5.56 Å². The molecule has 27 heavy (non-hydrogen) atoms. The topological polar surface area (TPSA) is 81.8 Å². The van der Waals surface area contributed by atoms with Crippen molar-refractivity contribution in [2.45, 2.75) is 45.7 Å². The average Bonchev–Trinajstić information content (AvgIpc) is 3.03. The molecule has 0 aliphatic rings. The second-order valence-electron chi connectivity index (χ2n) is 7.11. The molecule has 0 aliphatic heterocycles. The zero-order valence-electron chi connectivity index (χ0n) is 16.1. The number of amides is 1. The van der Waals surface area contributed by atoms with Crippen LogP contribution in [0.2, 0.25) is 0 Å². The lowest BCUT2D eigenvalue weighted by Crippen LogP contribution is -2.29. The van der Waals surface area contributed by atoms with Gasteiger partial charge in [-0.3, -0.25) is 18.8 Å². The monoisotopic (exact) mass is 367 g/mol. The lowest BCUT2D eigenvalue weighted by molar-refractivity contribution is -0.121. The van der Waals surface area contributed by atoms with Gasteiger partial charge in [0.05, 0.1) is 18.6 Å². The van der Waals surface area contributed by atoms with Crippen LogP contribution in [0.3, 0.4) is 0 Å². The molecule has 142 valence electrons. The van der Waals surface area contributed by atoms with Crippen LogP contribution in [0.1, 0.15) is 50.3 Å². The van der Waals surface area contributed by atoms with E-state index in [1.165, 1.54) is 22.7 Å². The molecule has 2 aromatic heterocycles. The highest BCUT2D eigenvalue weighted by Crippen LogP contribution is 2.18. The van der Waals surface area contributed by atoms with Crippen molar-refractivity contribution >= 4 is 16.9 Å². The van der Waals surface area contributed by atoms with Crippen LogP contribution < -0.4 is 10.9 Å². The van der Waals surface area contributed by atoms with Gasteiger partial charge in [-0.1, -0.05) is 38.1 Å². The predicted octanol–water partition coefficient (Wildman–Crippen LogP) is 2.52. The van der Waals surface area contributed by atoms with Crippen molar-refractivity contribution in [3.8, 4) is 0 Å². The first-order valence-corrected chi connectivity index (χ1v) is 9.13. The van der Waals surface area contributed by atoms with Crippen molar-refractivity contribution in [2.24, 2.45) is 7.05 Å². The van der Waals surface area contributed by atoms with E-state index in [0.29, 0.717) is 17.0 Å². The molecule has 7 nitrogen and oxygen atoms in total. The molecule has 0 saturated heterocycles. The van der Waals surface area contributed by atoms with Crippen molar-refractivity contribution in [3.05, 3.63) is 58.3 Å². The van der Waals surface area contributed by atoms with Crippen LogP contribution in [0.4, 0.5) is 0 Å². The summed E-state index contributed by atoms with van der Waals surface area (Å²) in [6, 6.07) is 8.19. The zero-order valence-corrected chi connectivity index (χ0v) is 16.1. The molecule has 7 heteroatoms. The SMILES string of the molecule is CC(C)c1ccc(C(C)NC(=O)CCn2cnc3c(cnn3C)c2=O)cc1. The summed E-state index contributed by atoms with van der Waals surface area (Å²) >= 11 is 0. The van der Waals surface area contributed by atoms with Crippen LogP contribution in [0, 0.1) is 0 Å². The number of nitrogens with one attached hydrogen (secondary N) is 1. The number of fused-ring (bicyclic) bond motifs is 1. The Labute approximate surface area is 158 Å². The molecule has 3 rings (SSSR count). The molecule has 1 aromatic carbocycles. The van der Waals surface area contributed by atoms with Gasteiger partial charge in [0.2, 0.25) is 5.91 Å². The normalized spacial score (nSPS) is 12.5. The highest BCUT2D eigenvalue weighted by atomic mass is 16.2. The molecule has 1 atom stereocenters. The van der Waals surface area contributed by atoms with Crippen LogP contribution in [0.25, 0.3) is 11.0 Å². The summed E-state index contributed by atoms with van der Waals surface area (Å²) in [7, 11) is 1.74. The summed E-state index contributed by atoms with van der Waals surface area (Å²) in [5, 5.41) is 7.49. The molecule has 3 aromatic rings. The van der Waals surface area contributed by atoms with E-state index in [0.717, 1.165) is 5.56 Å². The molecule has 0 fully saturated rings. The minimum atomic E-state index is -0.182. The summed E-state index contributed by atoms with van der Waals surface area (Å²) < 4.78 is 3.01. The van der Waals surface area contributed by atoms with Crippen LogP contribution in [0.15, 0.2) is 41.6 Å². The summed E-state index contributed by atoms with van der Waals surface area (Å²) in [4.78, 5) is 29.0. The summed E-state index contributed by atoms with van der Waals surface area (Å²) in [6.45, 7) is 6.54. The standard InChI is InChI=1S/C20H25N5O2/c1-13(2)15-5-7-16(8-6-15)14(3)23-18(26)9-10-25-12-21-19-17(20(25)27)11-22-24(19)4/h5-8,11-14H,9-10H2,1-4H3,(H,23,26). The Morgan fingerprint density at radius 2 is 1.81 bits per heavy atom. The van der Waals surface area contributed by atoms with Crippen molar-refractivity contribution in [3.63, 3.8) is 0 Å². The predicted molar refractivity (Wildman–Crippen MR) is 104 cm³/mol. The largest absolute Gasteiger partial charge is 0.350 e. The third kappa shape index (κ3) is 4.07. The van der Waals surface area contributed by atoms with Crippen molar-refractivity contribution in [2.75, 3.05) is 0 Å². The Morgan fingerprint density at radius 3 is 2.48 bits per heavy atom. The fourth-order valence-electron chi connectivity index (χ4n) is 3.01. The number of benzene rings is 1. The molecule has 0 bridgehead atoms. The second-order valence-corrected chi connectivity index (χ2v) is 7.11. The van der Waals surface area contributed by atoms with Gasteiger partial charge >= 0.3 is 0 Å². The van der Waals surface area contributed by atoms with Crippen molar-refractivity contribution in [1.29, 1.82) is 0 Å². The van der Waals surface area contributed by atoms with Crippen molar-refractivity contribution in [1.82, 2.24) is 24.6 Å². The number of hydrogen-bond acceptors (Lipinski definition) is 4. The number of rotatable bonds is 6. The van der Waals surface area contributed by atoms with Gasteiger partial charge in [-0.25, -0.2) is 4.98 Å². The van der Waals surface area contributed by atoms with Gasteiger partial charge in [0, 0.05) is 20.0 Å². The number of aryl methyl sites for hydroxylation is 2. The molecule has 0 aliphatic carbocycles. The van der Waals surface area contributed by atoms with E-state index in [9.17, 15) is 9.59 Å². The minimum Gasteiger partial charge on any atom is -0.350 e. The average molecular weight is 367 g/mol. The molecular weight excluding hydrogens is 342 g/mol. The van der Waals surface area contributed by atoms with E-state index >= 15 is 0 Å². The van der Waals surface area contributed by atoms with Crippen LogP contribution in [-0.4, -0.2) is 25.2 Å². The molecule has 0 radical (unpaired) electrons. The van der Waals surface area contributed by atoms with Crippen molar-refractivity contribution < 1.29 is 4.79 Å². The van der Waals surface area contributed by atoms with E-state index in [1.54, 1.807) is 11.7 Å². The maximum absolute atomic E-state index is 12.4. The van der Waals surface area contributed by atoms with Gasteiger partial charge in [-0.15, -0.1) is 0 Å². The summed E-state index contributed by atoms with van der Waals surface area (Å²) in [5.41, 5.74) is 2.69. The number of aromatic nitrogens is 4. The first-order valence-electron chi connectivity index (χ1n) is 9.13. The Bertz CT molecular complexity index is 1000.